The molecular weight excluding hydrogens is 600 g/mol. The summed E-state index contributed by atoms with van der Waals surface area (Å²) in [4.78, 5) is 36.4. The number of methoxy groups -OCH3 is 2. The van der Waals surface area contributed by atoms with Crippen LogP contribution in [0.1, 0.15) is 66.7 Å². The van der Waals surface area contributed by atoms with E-state index >= 15 is 0 Å². The predicted molar refractivity (Wildman–Crippen MR) is 182 cm³/mol. The van der Waals surface area contributed by atoms with Crippen LogP contribution in [0.4, 0.5) is 11.4 Å². The molecule has 4 heterocycles. The standard InChI is InChI=1S/C34H40N4O7.C2H6/c1-20-11-22-17-35-25-15-30(28(42-4)13-23(25)32(39)37(22)18-20)44-9-7-6-8-10-45-31-16-26-24(14-29(31)43-5)33(40)38-19-21(2)12-27(38)34(41)36(26)3;1-2/h13-17,22,27,34,41H,1-2,6-12,18-19H2,3-5H3;1-2H3. The highest BCUT2D eigenvalue weighted by Crippen LogP contribution is 2.41. The van der Waals surface area contributed by atoms with Gasteiger partial charge in [0.2, 0.25) is 0 Å². The summed E-state index contributed by atoms with van der Waals surface area (Å²) in [5.74, 6) is 1.78. The molecular formula is C36H46N4O7. The van der Waals surface area contributed by atoms with Gasteiger partial charge in [-0.2, -0.15) is 0 Å². The summed E-state index contributed by atoms with van der Waals surface area (Å²) in [6.07, 6.45) is 4.63. The van der Waals surface area contributed by atoms with Crippen LogP contribution in [0.3, 0.4) is 0 Å². The van der Waals surface area contributed by atoms with Gasteiger partial charge in [0.25, 0.3) is 11.8 Å². The number of rotatable bonds is 10. The van der Waals surface area contributed by atoms with E-state index in [1.165, 1.54) is 0 Å². The Bertz CT molecular complexity index is 1570. The van der Waals surface area contributed by atoms with Crippen LogP contribution >= 0.6 is 0 Å². The van der Waals surface area contributed by atoms with Crippen molar-refractivity contribution in [1.82, 2.24) is 9.80 Å². The van der Waals surface area contributed by atoms with Gasteiger partial charge in [-0.05, 0) is 44.2 Å². The Morgan fingerprint density at radius 1 is 0.809 bits per heavy atom. The van der Waals surface area contributed by atoms with Crippen LogP contribution in [0.5, 0.6) is 23.0 Å². The first-order chi connectivity index (χ1) is 22.7. The second kappa shape index (κ2) is 14.5. The molecule has 11 nitrogen and oxygen atoms in total. The minimum atomic E-state index is -0.862. The van der Waals surface area contributed by atoms with E-state index < -0.39 is 6.23 Å². The molecule has 2 fully saturated rings. The fourth-order valence-electron chi connectivity index (χ4n) is 6.51. The van der Waals surface area contributed by atoms with E-state index in [1.54, 1.807) is 60.2 Å². The number of likely N-dealkylation sites (N-methyl/N-ethyl adjacent to an activating group) is 1. The number of aliphatic hydroxyl groups excluding tert-OH is 1. The number of amides is 2. The lowest BCUT2D eigenvalue weighted by Crippen LogP contribution is -2.47. The number of hydrogen-bond acceptors (Lipinski definition) is 9. The lowest BCUT2D eigenvalue weighted by molar-refractivity contribution is 0.0527. The first kappa shape index (κ1) is 33.8. The average molecular weight is 647 g/mol. The zero-order valence-electron chi connectivity index (χ0n) is 28.1. The highest BCUT2D eigenvalue weighted by molar-refractivity contribution is 6.04. The number of nitrogens with zero attached hydrogens (tertiary/aromatic N) is 4. The van der Waals surface area contributed by atoms with Gasteiger partial charge in [-0.3, -0.25) is 14.6 Å². The topological polar surface area (TPSA) is 113 Å². The van der Waals surface area contributed by atoms with E-state index in [1.807, 2.05) is 20.1 Å². The van der Waals surface area contributed by atoms with Crippen LogP contribution in [0.2, 0.25) is 0 Å². The van der Waals surface area contributed by atoms with Gasteiger partial charge >= 0.3 is 0 Å². The molecule has 2 amide bonds. The molecule has 6 rings (SSSR count). The van der Waals surface area contributed by atoms with Gasteiger partial charge in [-0.25, -0.2) is 0 Å². The zero-order chi connectivity index (χ0) is 33.8. The molecule has 3 atom stereocenters. The number of hydrogen-bond donors (Lipinski definition) is 1. The van der Waals surface area contributed by atoms with Crippen molar-refractivity contribution in [3.63, 3.8) is 0 Å². The summed E-state index contributed by atoms with van der Waals surface area (Å²) < 4.78 is 23.3. The third-order valence-electron chi connectivity index (χ3n) is 8.94. The number of aliphatic imine (C=N–C) groups is 1. The number of carbonyl (C=O) groups is 2. The number of anilines is 1. The van der Waals surface area contributed by atoms with Gasteiger partial charge < -0.3 is 38.8 Å². The summed E-state index contributed by atoms with van der Waals surface area (Å²) in [5.41, 5.74) is 4.08. The molecule has 1 N–H and O–H groups in total. The lowest BCUT2D eigenvalue weighted by atomic mass is 10.1. The van der Waals surface area contributed by atoms with E-state index in [0.29, 0.717) is 78.2 Å². The van der Waals surface area contributed by atoms with Crippen molar-refractivity contribution < 1.29 is 33.6 Å². The van der Waals surface area contributed by atoms with Crippen LogP contribution in [0.25, 0.3) is 0 Å². The summed E-state index contributed by atoms with van der Waals surface area (Å²) in [6.45, 7) is 13.9. The van der Waals surface area contributed by atoms with Crippen LogP contribution < -0.4 is 23.8 Å². The fourth-order valence-corrected chi connectivity index (χ4v) is 6.51. The van der Waals surface area contributed by atoms with Crippen molar-refractivity contribution in [2.75, 3.05) is 52.5 Å². The second-order valence-electron chi connectivity index (χ2n) is 12.0. The molecule has 47 heavy (non-hydrogen) atoms. The largest absolute Gasteiger partial charge is 0.493 e. The molecule has 4 aliphatic heterocycles. The van der Waals surface area contributed by atoms with Crippen LogP contribution in [0.15, 0.2) is 53.6 Å². The van der Waals surface area contributed by atoms with Crippen molar-refractivity contribution in [2.24, 2.45) is 4.99 Å². The van der Waals surface area contributed by atoms with E-state index in [-0.39, 0.29) is 23.9 Å². The van der Waals surface area contributed by atoms with E-state index in [0.717, 1.165) is 36.8 Å². The quantitative estimate of drug-likeness (QED) is 0.270. The highest BCUT2D eigenvalue weighted by Gasteiger charge is 2.42. The predicted octanol–water partition coefficient (Wildman–Crippen LogP) is 5.38. The van der Waals surface area contributed by atoms with Gasteiger partial charge in [-0.1, -0.05) is 38.2 Å². The molecule has 2 saturated heterocycles. The van der Waals surface area contributed by atoms with Gasteiger partial charge in [0, 0.05) is 38.5 Å². The Kier molecular flexibility index (Phi) is 10.4. The molecule has 0 aliphatic carbocycles. The summed E-state index contributed by atoms with van der Waals surface area (Å²) in [7, 11) is 4.88. The number of aliphatic hydroxyl groups is 1. The number of fused-ring (bicyclic) bond motifs is 4. The van der Waals surface area contributed by atoms with Gasteiger partial charge in [-0.15, -0.1) is 0 Å². The zero-order valence-corrected chi connectivity index (χ0v) is 28.1. The van der Waals surface area contributed by atoms with E-state index in [4.69, 9.17) is 18.9 Å². The molecule has 2 aromatic carbocycles. The van der Waals surface area contributed by atoms with Crippen LogP contribution in [-0.4, -0.2) is 98.8 Å². The Morgan fingerprint density at radius 3 is 2.04 bits per heavy atom. The molecule has 11 heteroatoms. The SMILES string of the molecule is C=C1CC2C=Nc3cc(OCCCCCOc4cc5c(cc4OC)C(=O)N4CC(=C)CC4C(O)N5C)c(OC)cc3C(=O)N2C1.CC. The molecule has 0 aromatic heterocycles. The summed E-state index contributed by atoms with van der Waals surface area (Å²) in [5, 5.41) is 11.0. The molecule has 4 aliphatic rings. The Balaban J connectivity index is 0.00000213. The molecule has 0 bridgehead atoms. The first-order valence-corrected chi connectivity index (χ1v) is 16.3. The normalized spacial score (nSPS) is 21.2. The minimum absolute atomic E-state index is 0.0747. The van der Waals surface area contributed by atoms with E-state index in [2.05, 4.69) is 18.2 Å². The van der Waals surface area contributed by atoms with Crippen molar-refractivity contribution in [2.45, 2.75) is 64.3 Å². The maximum Gasteiger partial charge on any atom is 0.257 e. The highest BCUT2D eigenvalue weighted by atomic mass is 16.5. The summed E-state index contributed by atoms with van der Waals surface area (Å²) in [6, 6.07) is 6.52. The number of ether oxygens (including phenoxy) is 4. The molecule has 0 radical (unpaired) electrons. The van der Waals surface area contributed by atoms with E-state index in [9.17, 15) is 14.7 Å². The smallest absolute Gasteiger partial charge is 0.257 e. The monoisotopic (exact) mass is 646 g/mol. The number of benzene rings is 2. The summed E-state index contributed by atoms with van der Waals surface area (Å²) >= 11 is 0. The average Bonchev–Trinajstić information content (AvgIpc) is 3.62. The molecule has 252 valence electrons. The number of unbranched alkanes of at least 4 members (excludes halogenated alkanes) is 2. The minimum Gasteiger partial charge on any atom is -0.493 e. The van der Waals surface area contributed by atoms with Crippen LogP contribution in [-0.2, 0) is 0 Å². The van der Waals surface area contributed by atoms with Crippen molar-refractivity contribution >= 4 is 29.4 Å². The van der Waals surface area contributed by atoms with Crippen molar-refractivity contribution in [3.05, 3.63) is 59.7 Å². The maximum absolute atomic E-state index is 13.4. The Morgan fingerprint density at radius 2 is 1.38 bits per heavy atom. The first-order valence-electron chi connectivity index (χ1n) is 16.3. The molecule has 3 unspecified atom stereocenters. The molecule has 0 spiro atoms. The third-order valence-corrected chi connectivity index (χ3v) is 8.94. The van der Waals surface area contributed by atoms with Crippen LogP contribution in [0, 0.1) is 0 Å². The lowest BCUT2D eigenvalue weighted by Gasteiger charge is -2.30. The Hall–Kier alpha value is -4.51. The fraction of sp³-hybridized carbons (Fsp3) is 0.472. The second-order valence-corrected chi connectivity index (χ2v) is 12.0. The van der Waals surface area contributed by atoms with Crippen molar-refractivity contribution in [3.8, 4) is 23.0 Å². The van der Waals surface area contributed by atoms with Gasteiger partial charge in [0.05, 0.1) is 62.0 Å². The van der Waals surface area contributed by atoms with Gasteiger partial charge in [0.15, 0.2) is 23.0 Å². The molecule has 0 saturated carbocycles. The Labute approximate surface area is 277 Å². The maximum atomic E-state index is 13.4. The van der Waals surface area contributed by atoms with Crippen molar-refractivity contribution in [1.29, 1.82) is 0 Å². The number of carbonyl (C=O) groups excluding carboxylic acids is 2. The third kappa shape index (κ3) is 6.67. The molecule has 2 aromatic rings. The van der Waals surface area contributed by atoms with Gasteiger partial charge in [0.1, 0.15) is 6.23 Å².